The molecule has 2 aromatic rings. The Morgan fingerprint density at radius 3 is 2.80 bits per heavy atom. The molecule has 0 saturated carbocycles. The lowest BCUT2D eigenvalue weighted by molar-refractivity contribution is 0.0302. The molecule has 20 heavy (non-hydrogen) atoms. The first-order valence-corrected chi connectivity index (χ1v) is 6.97. The zero-order valence-electron chi connectivity index (χ0n) is 11.2. The highest BCUT2D eigenvalue weighted by Crippen LogP contribution is 2.21. The quantitative estimate of drug-likeness (QED) is 0.811. The van der Waals surface area contributed by atoms with Gasteiger partial charge in [0.1, 0.15) is 0 Å². The van der Waals surface area contributed by atoms with Gasteiger partial charge in [-0.3, -0.25) is 9.78 Å². The Morgan fingerprint density at radius 1 is 1.30 bits per heavy atom. The van der Waals surface area contributed by atoms with Gasteiger partial charge in [0, 0.05) is 23.5 Å². The van der Waals surface area contributed by atoms with E-state index >= 15 is 0 Å². The van der Waals surface area contributed by atoms with Gasteiger partial charge in [0.05, 0.1) is 30.0 Å². The summed E-state index contributed by atoms with van der Waals surface area (Å²) in [5, 5.41) is 1.53. The zero-order valence-corrected chi connectivity index (χ0v) is 12.0. The molecular formula is C15H15ClN2O2. The van der Waals surface area contributed by atoms with Gasteiger partial charge in [0.25, 0.3) is 5.91 Å². The van der Waals surface area contributed by atoms with E-state index in [1.165, 1.54) is 0 Å². The van der Waals surface area contributed by atoms with Crippen molar-refractivity contribution in [3.63, 3.8) is 0 Å². The summed E-state index contributed by atoms with van der Waals surface area (Å²) in [7, 11) is 0. The number of aromatic nitrogens is 1. The molecule has 5 heteroatoms. The number of morpholine rings is 1. The number of carbonyl (C=O) groups excluding carboxylic acids is 1. The summed E-state index contributed by atoms with van der Waals surface area (Å²) < 4.78 is 5.27. The van der Waals surface area contributed by atoms with Crippen LogP contribution in [0.4, 0.5) is 0 Å². The summed E-state index contributed by atoms with van der Waals surface area (Å²) in [4.78, 5) is 18.9. The van der Waals surface area contributed by atoms with Crippen molar-refractivity contribution in [1.29, 1.82) is 0 Å². The maximum atomic E-state index is 12.5. The molecule has 104 valence electrons. The molecule has 1 amide bonds. The standard InChI is InChI=1S/C15H15ClN2O2/c1-10-13(15(19)18-4-6-20-7-5-18)9-11-8-12(16)2-3-14(11)17-10/h2-3,8-9H,4-7H2,1H3. The van der Waals surface area contributed by atoms with Crippen LogP contribution in [0.1, 0.15) is 16.1 Å². The number of aryl methyl sites for hydroxylation is 1. The van der Waals surface area contributed by atoms with Crippen molar-refractivity contribution in [2.24, 2.45) is 0 Å². The lowest BCUT2D eigenvalue weighted by atomic mass is 10.1. The summed E-state index contributed by atoms with van der Waals surface area (Å²) in [5.41, 5.74) is 2.24. The van der Waals surface area contributed by atoms with Crippen LogP contribution in [0.3, 0.4) is 0 Å². The molecule has 4 nitrogen and oxygen atoms in total. The van der Waals surface area contributed by atoms with Crippen LogP contribution in [0.25, 0.3) is 10.9 Å². The summed E-state index contributed by atoms with van der Waals surface area (Å²) in [6.07, 6.45) is 0. The van der Waals surface area contributed by atoms with Gasteiger partial charge < -0.3 is 9.64 Å². The number of amides is 1. The Hall–Kier alpha value is -1.65. The molecule has 1 fully saturated rings. The van der Waals surface area contributed by atoms with E-state index in [9.17, 15) is 4.79 Å². The van der Waals surface area contributed by atoms with E-state index in [1.807, 2.05) is 30.0 Å². The Kier molecular flexibility index (Phi) is 3.59. The van der Waals surface area contributed by atoms with Gasteiger partial charge in [-0.25, -0.2) is 0 Å². The minimum Gasteiger partial charge on any atom is -0.378 e. The third kappa shape index (κ3) is 2.49. The van der Waals surface area contributed by atoms with Crippen molar-refractivity contribution >= 4 is 28.4 Å². The monoisotopic (exact) mass is 290 g/mol. The maximum absolute atomic E-state index is 12.5. The molecule has 0 radical (unpaired) electrons. The van der Waals surface area contributed by atoms with E-state index in [-0.39, 0.29) is 5.91 Å². The van der Waals surface area contributed by atoms with Gasteiger partial charge >= 0.3 is 0 Å². The number of halogens is 1. The second-order valence-corrected chi connectivity index (χ2v) is 5.30. The lowest BCUT2D eigenvalue weighted by Gasteiger charge is -2.27. The summed E-state index contributed by atoms with van der Waals surface area (Å²) >= 11 is 6.00. The van der Waals surface area contributed by atoms with E-state index < -0.39 is 0 Å². The fraction of sp³-hybridized carbons (Fsp3) is 0.333. The highest BCUT2D eigenvalue weighted by Gasteiger charge is 2.21. The number of hydrogen-bond acceptors (Lipinski definition) is 3. The molecule has 0 N–H and O–H groups in total. The third-order valence-corrected chi connectivity index (χ3v) is 3.73. The molecule has 1 aliphatic heterocycles. The minimum absolute atomic E-state index is 0.0141. The number of benzene rings is 1. The number of pyridine rings is 1. The number of carbonyl (C=O) groups is 1. The van der Waals surface area contributed by atoms with Crippen molar-refractivity contribution in [3.8, 4) is 0 Å². The van der Waals surface area contributed by atoms with Crippen molar-refractivity contribution < 1.29 is 9.53 Å². The molecule has 1 saturated heterocycles. The van der Waals surface area contributed by atoms with Crippen molar-refractivity contribution in [2.75, 3.05) is 26.3 Å². The van der Waals surface area contributed by atoms with Crippen molar-refractivity contribution in [1.82, 2.24) is 9.88 Å². The van der Waals surface area contributed by atoms with Gasteiger partial charge in [-0.05, 0) is 31.2 Å². The molecule has 2 heterocycles. The first-order chi connectivity index (χ1) is 9.65. The van der Waals surface area contributed by atoms with E-state index in [4.69, 9.17) is 16.3 Å². The van der Waals surface area contributed by atoms with Crippen LogP contribution in [0.5, 0.6) is 0 Å². The van der Waals surface area contributed by atoms with Gasteiger partial charge in [-0.2, -0.15) is 0 Å². The number of fused-ring (bicyclic) bond motifs is 1. The Labute approximate surface area is 122 Å². The third-order valence-electron chi connectivity index (χ3n) is 3.50. The van der Waals surface area contributed by atoms with Crippen molar-refractivity contribution in [2.45, 2.75) is 6.92 Å². The van der Waals surface area contributed by atoms with E-state index in [0.717, 1.165) is 16.6 Å². The first kappa shape index (κ1) is 13.3. The van der Waals surface area contributed by atoms with Crippen LogP contribution in [0, 0.1) is 6.92 Å². The highest BCUT2D eigenvalue weighted by atomic mass is 35.5. The molecule has 0 aliphatic carbocycles. The molecule has 1 aromatic heterocycles. The number of rotatable bonds is 1. The molecule has 0 unspecified atom stereocenters. The van der Waals surface area contributed by atoms with E-state index in [2.05, 4.69) is 4.98 Å². The maximum Gasteiger partial charge on any atom is 0.255 e. The summed E-state index contributed by atoms with van der Waals surface area (Å²) in [6, 6.07) is 7.38. The molecule has 1 aromatic carbocycles. The predicted octanol–water partition coefficient (Wildman–Crippen LogP) is 2.67. The number of hydrogen-bond donors (Lipinski definition) is 0. The van der Waals surface area contributed by atoms with Crippen LogP contribution in [-0.4, -0.2) is 42.1 Å². The fourth-order valence-corrected chi connectivity index (χ4v) is 2.58. The van der Waals surface area contributed by atoms with Crippen molar-refractivity contribution in [3.05, 3.63) is 40.5 Å². The normalized spacial score (nSPS) is 15.6. The average molecular weight is 291 g/mol. The van der Waals surface area contributed by atoms with Crippen LogP contribution in [0.15, 0.2) is 24.3 Å². The Bertz CT molecular complexity index is 666. The number of nitrogens with zero attached hydrogens (tertiary/aromatic N) is 2. The Balaban J connectivity index is 2.01. The first-order valence-electron chi connectivity index (χ1n) is 6.59. The van der Waals surface area contributed by atoms with Gasteiger partial charge in [-0.15, -0.1) is 0 Å². The molecule has 0 bridgehead atoms. The second kappa shape index (κ2) is 5.38. The van der Waals surface area contributed by atoms with Crippen LogP contribution in [0.2, 0.25) is 5.02 Å². The van der Waals surface area contributed by atoms with E-state index in [1.54, 1.807) is 6.07 Å². The Morgan fingerprint density at radius 2 is 2.05 bits per heavy atom. The largest absolute Gasteiger partial charge is 0.378 e. The molecule has 1 aliphatic rings. The average Bonchev–Trinajstić information content (AvgIpc) is 2.47. The SMILES string of the molecule is Cc1nc2ccc(Cl)cc2cc1C(=O)N1CCOCC1. The predicted molar refractivity (Wildman–Crippen MR) is 78.2 cm³/mol. The fourth-order valence-electron chi connectivity index (χ4n) is 2.40. The van der Waals surface area contributed by atoms with Crippen LogP contribution in [-0.2, 0) is 4.74 Å². The van der Waals surface area contributed by atoms with Gasteiger partial charge in [0.2, 0.25) is 0 Å². The molecule has 3 rings (SSSR count). The van der Waals surface area contributed by atoms with Gasteiger partial charge in [-0.1, -0.05) is 11.6 Å². The molecule has 0 spiro atoms. The molecular weight excluding hydrogens is 276 g/mol. The zero-order chi connectivity index (χ0) is 14.1. The summed E-state index contributed by atoms with van der Waals surface area (Å²) in [6.45, 7) is 4.31. The van der Waals surface area contributed by atoms with Gasteiger partial charge in [0.15, 0.2) is 0 Å². The smallest absolute Gasteiger partial charge is 0.255 e. The van der Waals surface area contributed by atoms with Crippen LogP contribution < -0.4 is 0 Å². The van der Waals surface area contributed by atoms with Crippen LogP contribution >= 0.6 is 11.6 Å². The second-order valence-electron chi connectivity index (χ2n) is 4.86. The highest BCUT2D eigenvalue weighted by molar-refractivity contribution is 6.31. The topological polar surface area (TPSA) is 42.4 Å². The number of ether oxygens (including phenoxy) is 1. The summed E-state index contributed by atoms with van der Waals surface area (Å²) in [5.74, 6) is 0.0141. The lowest BCUT2D eigenvalue weighted by Crippen LogP contribution is -2.41. The minimum atomic E-state index is 0.0141. The van der Waals surface area contributed by atoms with E-state index in [0.29, 0.717) is 36.9 Å². The molecule has 0 atom stereocenters.